The average Bonchev–Trinajstić information content (AvgIpc) is 3.45. The summed E-state index contributed by atoms with van der Waals surface area (Å²) < 4.78 is 10.8. The van der Waals surface area contributed by atoms with Crippen LogP contribution in [0.15, 0.2) is 59.6 Å². The molecule has 0 aliphatic carbocycles. The fourth-order valence-corrected chi connectivity index (χ4v) is 4.36. The number of hydrogen-bond acceptors (Lipinski definition) is 6. The number of nitrogens with one attached hydrogen (secondary N) is 1. The fourth-order valence-electron chi connectivity index (χ4n) is 3.59. The van der Waals surface area contributed by atoms with E-state index in [9.17, 15) is 9.59 Å². The second kappa shape index (κ2) is 7.03. The molecule has 6 nitrogen and oxygen atoms in total. The van der Waals surface area contributed by atoms with Gasteiger partial charge >= 0.3 is 0 Å². The zero-order valence-corrected chi connectivity index (χ0v) is 17.2. The molecule has 0 unspecified atom stereocenters. The normalized spacial score (nSPS) is 15.3. The summed E-state index contributed by atoms with van der Waals surface area (Å²) in [6, 6.07) is 14.8. The molecule has 2 amide bonds. The van der Waals surface area contributed by atoms with E-state index in [0.717, 1.165) is 16.0 Å². The molecule has 30 heavy (non-hydrogen) atoms. The molecular formula is C23H18N2O4S. The van der Waals surface area contributed by atoms with Crippen molar-refractivity contribution in [3.05, 3.63) is 75.6 Å². The topological polar surface area (TPSA) is 67.9 Å². The van der Waals surface area contributed by atoms with Crippen molar-refractivity contribution in [3.63, 3.8) is 0 Å². The molecule has 1 aromatic heterocycles. The number of ether oxygens (including phenoxy) is 2. The molecule has 0 radical (unpaired) electrons. The molecule has 3 aromatic rings. The standard InChI is InChI=1S/C23H18N2O4S/c1-13-5-6-14(2)16(10-13)25-22(26)20(19-4-3-9-30-19)21(23(25)27)24-15-7-8-17-18(11-15)29-12-28-17/h3-11,24H,12H2,1-2H3. The number of fused-ring (bicyclic) bond motifs is 1. The Morgan fingerprint density at radius 1 is 0.967 bits per heavy atom. The number of rotatable bonds is 4. The lowest BCUT2D eigenvalue weighted by Gasteiger charge is -2.18. The molecule has 0 atom stereocenters. The quantitative estimate of drug-likeness (QED) is 0.633. The monoisotopic (exact) mass is 418 g/mol. The first kappa shape index (κ1) is 18.4. The molecule has 0 saturated heterocycles. The first-order valence-corrected chi connectivity index (χ1v) is 10.3. The summed E-state index contributed by atoms with van der Waals surface area (Å²) in [5, 5.41) is 5.05. The molecular weight excluding hydrogens is 400 g/mol. The number of amides is 2. The van der Waals surface area contributed by atoms with Gasteiger partial charge in [-0.1, -0.05) is 18.2 Å². The fraction of sp³-hybridized carbons (Fsp3) is 0.130. The van der Waals surface area contributed by atoms with Crippen molar-refractivity contribution >= 4 is 40.1 Å². The van der Waals surface area contributed by atoms with Crippen LogP contribution in [0, 0.1) is 13.8 Å². The lowest BCUT2D eigenvalue weighted by Crippen LogP contribution is -2.33. The maximum atomic E-state index is 13.5. The molecule has 7 heteroatoms. The third-order valence-corrected chi connectivity index (χ3v) is 5.99. The lowest BCUT2D eigenvalue weighted by molar-refractivity contribution is -0.120. The minimum absolute atomic E-state index is 0.166. The van der Waals surface area contributed by atoms with E-state index in [-0.39, 0.29) is 24.3 Å². The molecule has 0 spiro atoms. The van der Waals surface area contributed by atoms with E-state index in [1.165, 1.54) is 16.2 Å². The first-order chi connectivity index (χ1) is 14.5. The van der Waals surface area contributed by atoms with E-state index in [2.05, 4.69) is 5.32 Å². The molecule has 0 bridgehead atoms. The largest absolute Gasteiger partial charge is 0.454 e. The number of nitrogens with zero attached hydrogens (tertiary/aromatic N) is 1. The molecule has 2 aliphatic rings. The van der Waals surface area contributed by atoms with E-state index in [0.29, 0.717) is 28.4 Å². The minimum Gasteiger partial charge on any atom is -0.454 e. The molecule has 3 heterocycles. The van der Waals surface area contributed by atoms with E-state index in [4.69, 9.17) is 9.47 Å². The van der Waals surface area contributed by atoms with E-state index >= 15 is 0 Å². The van der Waals surface area contributed by atoms with Crippen LogP contribution in [0.5, 0.6) is 11.5 Å². The number of carbonyl (C=O) groups excluding carboxylic acids is 2. The summed E-state index contributed by atoms with van der Waals surface area (Å²) in [4.78, 5) is 28.9. The number of benzene rings is 2. The van der Waals surface area contributed by atoms with Crippen LogP contribution in [0.3, 0.4) is 0 Å². The predicted octanol–water partition coefficient (Wildman–Crippen LogP) is 4.49. The SMILES string of the molecule is Cc1ccc(C)c(N2C(=O)C(Nc3ccc4c(c3)OCO4)=C(c3cccs3)C2=O)c1. The van der Waals surface area contributed by atoms with Crippen LogP contribution in [0.4, 0.5) is 11.4 Å². The van der Waals surface area contributed by atoms with Gasteiger partial charge in [0.25, 0.3) is 11.8 Å². The summed E-state index contributed by atoms with van der Waals surface area (Å²) in [7, 11) is 0. The molecule has 0 saturated carbocycles. The first-order valence-electron chi connectivity index (χ1n) is 9.44. The summed E-state index contributed by atoms with van der Waals surface area (Å²) >= 11 is 1.42. The van der Waals surface area contributed by atoms with Crippen LogP contribution < -0.4 is 19.7 Å². The van der Waals surface area contributed by atoms with Gasteiger partial charge in [-0.15, -0.1) is 11.3 Å². The van der Waals surface area contributed by atoms with Gasteiger partial charge in [0.1, 0.15) is 5.70 Å². The van der Waals surface area contributed by atoms with E-state index in [1.807, 2.05) is 49.6 Å². The Hall–Kier alpha value is -3.58. The zero-order chi connectivity index (χ0) is 20.8. The average molecular weight is 418 g/mol. The van der Waals surface area contributed by atoms with Crippen LogP contribution in [-0.2, 0) is 9.59 Å². The zero-order valence-electron chi connectivity index (χ0n) is 16.4. The highest BCUT2D eigenvalue weighted by Gasteiger charge is 2.41. The van der Waals surface area contributed by atoms with Gasteiger partial charge in [-0.25, -0.2) is 4.90 Å². The summed E-state index contributed by atoms with van der Waals surface area (Å²) in [5.74, 6) is 0.537. The van der Waals surface area contributed by atoms with Crippen molar-refractivity contribution in [2.24, 2.45) is 0 Å². The second-order valence-electron chi connectivity index (χ2n) is 7.16. The van der Waals surface area contributed by atoms with Crippen molar-refractivity contribution in [2.45, 2.75) is 13.8 Å². The van der Waals surface area contributed by atoms with Gasteiger partial charge in [-0.3, -0.25) is 9.59 Å². The molecule has 2 aliphatic heterocycles. The number of aryl methyl sites for hydroxylation is 2. The van der Waals surface area contributed by atoms with Gasteiger partial charge in [-0.2, -0.15) is 0 Å². The Bertz CT molecular complexity index is 1210. The Morgan fingerprint density at radius 2 is 1.80 bits per heavy atom. The molecule has 2 aromatic carbocycles. The summed E-state index contributed by atoms with van der Waals surface area (Å²) in [6.45, 7) is 4.00. The second-order valence-corrected chi connectivity index (χ2v) is 8.10. The number of thiophene rings is 1. The Morgan fingerprint density at radius 3 is 2.60 bits per heavy atom. The van der Waals surface area contributed by atoms with Crippen LogP contribution in [0.2, 0.25) is 0 Å². The van der Waals surface area contributed by atoms with Crippen LogP contribution in [0.1, 0.15) is 16.0 Å². The Kier molecular flexibility index (Phi) is 4.33. The van der Waals surface area contributed by atoms with E-state index < -0.39 is 0 Å². The predicted molar refractivity (Wildman–Crippen MR) is 116 cm³/mol. The van der Waals surface area contributed by atoms with Crippen LogP contribution in [0.25, 0.3) is 5.57 Å². The van der Waals surface area contributed by atoms with Gasteiger partial charge in [0.2, 0.25) is 6.79 Å². The van der Waals surface area contributed by atoms with Crippen molar-refractivity contribution in [1.82, 2.24) is 0 Å². The van der Waals surface area contributed by atoms with Gasteiger partial charge in [-0.05, 0) is 54.6 Å². The Labute approximate surface area is 177 Å². The third-order valence-electron chi connectivity index (χ3n) is 5.10. The maximum absolute atomic E-state index is 13.5. The number of carbonyl (C=O) groups is 2. The maximum Gasteiger partial charge on any atom is 0.282 e. The number of imide groups is 1. The molecule has 150 valence electrons. The minimum atomic E-state index is -0.380. The highest BCUT2D eigenvalue weighted by atomic mass is 32.1. The third kappa shape index (κ3) is 2.95. The van der Waals surface area contributed by atoms with Crippen molar-refractivity contribution < 1.29 is 19.1 Å². The van der Waals surface area contributed by atoms with Crippen molar-refractivity contribution in [1.29, 1.82) is 0 Å². The highest BCUT2D eigenvalue weighted by Crippen LogP contribution is 2.39. The Balaban J connectivity index is 1.59. The van der Waals surface area contributed by atoms with Crippen LogP contribution >= 0.6 is 11.3 Å². The van der Waals surface area contributed by atoms with Gasteiger partial charge in [0.05, 0.1) is 11.3 Å². The molecule has 1 N–H and O–H groups in total. The smallest absolute Gasteiger partial charge is 0.282 e. The molecule has 5 rings (SSSR count). The van der Waals surface area contributed by atoms with Gasteiger partial charge in [0.15, 0.2) is 11.5 Å². The summed E-state index contributed by atoms with van der Waals surface area (Å²) in [6.07, 6.45) is 0. The summed E-state index contributed by atoms with van der Waals surface area (Å²) in [5.41, 5.74) is 3.70. The highest BCUT2D eigenvalue weighted by molar-refractivity contribution is 7.11. The van der Waals surface area contributed by atoms with E-state index in [1.54, 1.807) is 18.2 Å². The van der Waals surface area contributed by atoms with Gasteiger partial charge < -0.3 is 14.8 Å². The number of hydrogen-bond donors (Lipinski definition) is 1. The molecule has 0 fully saturated rings. The van der Waals surface area contributed by atoms with Crippen molar-refractivity contribution in [3.8, 4) is 11.5 Å². The van der Waals surface area contributed by atoms with Crippen LogP contribution in [-0.4, -0.2) is 18.6 Å². The van der Waals surface area contributed by atoms with Crippen molar-refractivity contribution in [2.75, 3.05) is 17.0 Å². The van der Waals surface area contributed by atoms with Gasteiger partial charge in [0, 0.05) is 16.6 Å². The lowest BCUT2D eigenvalue weighted by atomic mass is 10.1. The number of anilines is 2.